The van der Waals surface area contributed by atoms with E-state index in [4.69, 9.17) is 4.74 Å². The van der Waals surface area contributed by atoms with Gasteiger partial charge in [-0.1, -0.05) is 78.0 Å². The van der Waals surface area contributed by atoms with Gasteiger partial charge in [0.2, 0.25) is 0 Å². The van der Waals surface area contributed by atoms with Gasteiger partial charge in [0.15, 0.2) is 5.78 Å². The Balaban J connectivity index is 1.61. The molecule has 0 aliphatic rings. The molecule has 0 saturated carbocycles. The Hall–Kier alpha value is -3.08. The highest BCUT2D eigenvalue weighted by Crippen LogP contribution is 2.31. The van der Waals surface area contributed by atoms with Crippen LogP contribution in [-0.2, 0) is 23.2 Å². The van der Waals surface area contributed by atoms with Gasteiger partial charge in [-0.25, -0.2) is 4.79 Å². The molecule has 0 radical (unpaired) electrons. The fourth-order valence-electron chi connectivity index (χ4n) is 4.51. The largest absolute Gasteiger partial charge is 0.486 e. The second-order valence-corrected chi connectivity index (χ2v) is 10.4. The van der Waals surface area contributed by atoms with Crippen molar-refractivity contribution >= 4 is 22.7 Å². The van der Waals surface area contributed by atoms with E-state index in [1.54, 1.807) is 12.1 Å². The first kappa shape index (κ1) is 26.5. The van der Waals surface area contributed by atoms with Gasteiger partial charge < -0.3 is 14.4 Å². The van der Waals surface area contributed by atoms with Crippen LogP contribution in [0.15, 0.2) is 48.5 Å². The van der Waals surface area contributed by atoms with Crippen molar-refractivity contribution < 1.29 is 19.4 Å². The molecule has 35 heavy (non-hydrogen) atoms. The first-order valence-corrected chi connectivity index (χ1v) is 12.8. The van der Waals surface area contributed by atoms with E-state index in [0.29, 0.717) is 11.1 Å². The third kappa shape index (κ3) is 7.20. The minimum atomic E-state index is -0.970. The third-order valence-corrected chi connectivity index (χ3v) is 6.42. The summed E-state index contributed by atoms with van der Waals surface area (Å²) in [6.45, 7) is 8.53. The molecule has 0 aliphatic carbocycles. The highest BCUT2D eigenvalue weighted by molar-refractivity contribution is 6.03. The monoisotopic (exact) mass is 477 g/mol. The molecule has 1 aromatic heterocycles. The minimum absolute atomic E-state index is 0.0291. The summed E-state index contributed by atoms with van der Waals surface area (Å²) < 4.78 is 7.71. The number of carbonyl (C=O) groups excluding carboxylic acids is 1. The standard InChI is InChI=1S/C30H39NO4/c1-5-6-7-8-9-10-12-22-15-17-24(18-16-22)35-21-23(32)20-31-27-14-11-13-25(29(33)34)26(27)19-28(31)30(2,3)4/h11,13-19H,5-10,12,20-21H2,1-4H3,(H,33,34). The lowest BCUT2D eigenvalue weighted by Gasteiger charge is -2.22. The molecule has 0 amide bonds. The van der Waals surface area contributed by atoms with Gasteiger partial charge >= 0.3 is 5.97 Å². The average molecular weight is 478 g/mol. The van der Waals surface area contributed by atoms with Crippen molar-refractivity contribution in [2.24, 2.45) is 0 Å². The summed E-state index contributed by atoms with van der Waals surface area (Å²) in [5.74, 6) is -0.348. The summed E-state index contributed by atoms with van der Waals surface area (Å²) in [7, 11) is 0. The molecule has 1 N–H and O–H groups in total. The molecule has 0 bridgehead atoms. The first-order valence-electron chi connectivity index (χ1n) is 12.8. The summed E-state index contributed by atoms with van der Waals surface area (Å²) in [5.41, 5.74) is 2.97. The molecule has 0 unspecified atom stereocenters. The van der Waals surface area contributed by atoms with Gasteiger partial charge in [0.05, 0.1) is 12.1 Å². The molecule has 0 saturated heterocycles. The first-order chi connectivity index (χ1) is 16.7. The molecular formula is C30H39NO4. The minimum Gasteiger partial charge on any atom is -0.486 e. The molecule has 0 fully saturated rings. The van der Waals surface area contributed by atoms with Crippen molar-refractivity contribution in [3.05, 3.63) is 65.4 Å². The summed E-state index contributed by atoms with van der Waals surface area (Å²) >= 11 is 0. The quantitative estimate of drug-likeness (QED) is 0.265. The van der Waals surface area contributed by atoms with Crippen molar-refractivity contribution in [1.29, 1.82) is 0 Å². The van der Waals surface area contributed by atoms with Crippen LogP contribution < -0.4 is 4.74 Å². The maximum Gasteiger partial charge on any atom is 0.336 e. The van der Waals surface area contributed by atoms with Gasteiger partial charge in [0, 0.05) is 22.0 Å². The van der Waals surface area contributed by atoms with E-state index in [1.165, 1.54) is 44.1 Å². The molecule has 2 aromatic carbocycles. The lowest BCUT2D eigenvalue weighted by Crippen LogP contribution is -2.23. The van der Waals surface area contributed by atoms with Crippen LogP contribution >= 0.6 is 0 Å². The number of aromatic nitrogens is 1. The van der Waals surface area contributed by atoms with Crippen LogP contribution in [0, 0.1) is 0 Å². The Morgan fingerprint density at radius 2 is 1.63 bits per heavy atom. The predicted molar refractivity (Wildman–Crippen MR) is 142 cm³/mol. The van der Waals surface area contributed by atoms with E-state index in [9.17, 15) is 14.7 Å². The van der Waals surface area contributed by atoms with Gasteiger partial charge in [0.1, 0.15) is 12.4 Å². The number of fused-ring (bicyclic) bond motifs is 1. The third-order valence-electron chi connectivity index (χ3n) is 6.42. The Morgan fingerprint density at radius 3 is 2.29 bits per heavy atom. The van der Waals surface area contributed by atoms with E-state index in [0.717, 1.165) is 17.6 Å². The SMILES string of the molecule is CCCCCCCCc1ccc(OCC(=O)Cn2c(C(C)(C)C)cc3c(C(=O)O)cccc32)cc1. The lowest BCUT2D eigenvalue weighted by atomic mass is 9.91. The molecule has 0 atom stereocenters. The number of ether oxygens (including phenoxy) is 1. The number of unbranched alkanes of at least 4 members (excludes halogenated alkanes) is 5. The number of hydrogen-bond acceptors (Lipinski definition) is 3. The zero-order valence-corrected chi connectivity index (χ0v) is 21.6. The highest BCUT2D eigenvalue weighted by atomic mass is 16.5. The van der Waals surface area contributed by atoms with Crippen molar-refractivity contribution in [1.82, 2.24) is 4.57 Å². The lowest BCUT2D eigenvalue weighted by molar-refractivity contribution is -0.121. The van der Waals surface area contributed by atoms with E-state index in [-0.39, 0.29) is 29.9 Å². The number of ketones is 1. The number of carbonyl (C=O) groups is 2. The number of aryl methyl sites for hydroxylation is 1. The molecule has 5 nitrogen and oxygen atoms in total. The number of carboxylic acid groups (broad SMARTS) is 1. The second kappa shape index (κ2) is 12.1. The maximum absolute atomic E-state index is 12.9. The van der Waals surface area contributed by atoms with Crippen molar-refractivity contribution in [3.63, 3.8) is 0 Å². The topological polar surface area (TPSA) is 68.5 Å². The normalized spacial score (nSPS) is 11.7. The van der Waals surface area contributed by atoms with Gasteiger partial charge in [0.25, 0.3) is 0 Å². The molecule has 3 aromatic rings. The summed E-state index contributed by atoms with van der Waals surface area (Å²) in [5, 5.41) is 10.2. The van der Waals surface area contributed by atoms with Crippen LogP contribution in [0.2, 0.25) is 0 Å². The van der Waals surface area contributed by atoms with Crippen molar-refractivity contribution in [2.45, 2.75) is 84.6 Å². The van der Waals surface area contributed by atoms with E-state index in [2.05, 4.69) is 39.8 Å². The Bertz CT molecular complexity index is 1140. The van der Waals surface area contributed by atoms with Crippen LogP contribution in [0.4, 0.5) is 0 Å². The number of rotatable bonds is 13. The zero-order valence-electron chi connectivity index (χ0n) is 21.6. The number of aromatic carboxylic acids is 1. The second-order valence-electron chi connectivity index (χ2n) is 10.4. The molecule has 188 valence electrons. The molecule has 0 spiro atoms. The zero-order chi connectivity index (χ0) is 25.4. The Labute approximate surface area is 209 Å². The molecule has 1 heterocycles. The van der Waals surface area contributed by atoms with Crippen LogP contribution in [0.5, 0.6) is 5.75 Å². The maximum atomic E-state index is 12.9. The van der Waals surface area contributed by atoms with E-state index >= 15 is 0 Å². The van der Waals surface area contributed by atoms with Crippen LogP contribution in [0.25, 0.3) is 10.9 Å². The van der Waals surface area contributed by atoms with Gasteiger partial charge in [-0.05, 0) is 48.7 Å². The van der Waals surface area contributed by atoms with Crippen molar-refractivity contribution in [3.8, 4) is 5.75 Å². The van der Waals surface area contributed by atoms with Crippen LogP contribution in [0.1, 0.15) is 87.8 Å². The summed E-state index contributed by atoms with van der Waals surface area (Å²) in [6, 6.07) is 15.1. The van der Waals surface area contributed by atoms with Crippen LogP contribution in [-0.4, -0.2) is 28.0 Å². The molecular weight excluding hydrogens is 438 g/mol. The van der Waals surface area contributed by atoms with Gasteiger partial charge in [-0.2, -0.15) is 0 Å². The fourth-order valence-corrected chi connectivity index (χ4v) is 4.51. The fraction of sp³-hybridized carbons (Fsp3) is 0.467. The smallest absolute Gasteiger partial charge is 0.336 e. The average Bonchev–Trinajstić information content (AvgIpc) is 3.19. The predicted octanol–water partition coefficient (Wildman–Crippen LogP) is 7.19. The Kier molecular flexibility index (Phi) is 9.13. The highest BCUT2D eigenvalue weighted by Gasteiger charge is 2.24. The van der Waals surface area contributed by atoms with Crippen molar-refractivity contribution in [2.75, 3.05) is 6.61 Å². The Morgan fingerprint density at radius 1 is 0.943 bits per heavy atom. The van der Waals surface area contributed by atoms with E-state index < -0.39 is 5.97 Å². The number of hydrogen-bond donors (Lipinski definition) is 1. The number of carboxylic acids is 1. The molecule has 0 aliphatic heterocycles. The summed E-state index contributed by atoms with van der Waals surface area (Å²) in [6.07, 6.45) is 8.77. The van der Waals surface area contributed by atoms with Gasteiger partial charge in [-0.15, -0.1) is 0 Å². The van der Waals surface area contributed by atoms with Crippen LogP contribution in [0.3, 0.4) is 0 Å². The summed E-state index contributed by atoms with van der Waals surface area (Å²) in [4.78, 5) is 24.6. The van der Waals surface area contributed by atoms with Gasteiger partial charge in [-0.3, -0.25) is 4.79 Å². The number of benzene rings is 2. The molecule has 5 heteroatoms. The number of nitrogens with zero attached hydrogens (tertiary/aromatic N) is 1. The number of Topliss-reactive ketones (excluding diaryl/α,β-unsaturated/α-hetero) is 1. The van der Waals surface area contributed by atoms with E-state index in [1.807, 2.05) is 28.8 Å². The molecule has 3 rings (SSSR count).